The minimum Gasteiger partial charge on any atom is -0.369 e. The number of para-hydroxylation sites is 1. The molecule has 2 N–H and O–H groups in total. The average molecular weight is 351 g/mol. The molecule has 5 nitrogen and oxygen atoms in total. The van der Waals surface area contributed by atoms with Crippen LogP contribution in [-0.2, 0) is 9.59 Å². The molecule has 2 aromatic carbocycles. The number of nitrogens with zero attached hydrogens (tertiary/aromatic N) is 2. The van der Waals surface area contributed by atoms with E-state index < -0.39 is 11.8 Å². The number of aromatic nitrogens is 1. The van der Waals surface area contributed by atoms with E-state index in [9.17, 15) is 9.59 Å². The van der Waals surface area contributed by atoms with Crippen molar-refractivity contribution in [2.45, 2.75) is 13.3 Å². The second-order valence-corrected chi connectivity index (χ2v) is 7.33. The van der Waals surface area contributed by atoms with Crippen LogP contribution in [0.2, 0.25) is 0 Å². The van der Waals surface area contributed by atoms with E-state index in [0.29, 0.717) is 6.54 Å². The number of amides is 2. The third-order valence-electron chi connectivity index (χ3n) is 4.56. The molecule has 6 heteroatoms. The van der Waals surface area contributed by atoms with Crippen molar-refractivity contribution < 1.29 is 9.59 Å². The zero-order valence-electron chi connectivity index (χ0n) is 13.7. The Balaban J connectivity index is 1.67. The number of nitrogens with two attached hydrogens (primary N) is 1. The summed E-state index contributed by atoms with van der Waals surface area (Å²) < 4.78 is 1.15. The van der Waals surface area contributed by atoms with Gasteiger partial charge in [0.2, 0.25) is 11.8 Å². The van der Waals surface area contributed by atoms with E-state index in [0.717, 1.165) is 32.0 Å². The van der Waals surface area contributed by atoms with Crippen molar-refractivity contribution in [2.75, 3.05) is 11.4 Å². The number of aryl methyl sites for hydroxylation is 1. The molecule has 3 aromatic rings. The minimum atomic E-state index is -0.417. The Morgan fingerprint density at radius 2 is 2.08 bits per heavy atom. The van der Waals surface area contributed by atoms with E-state index in [1.807, 2.05) is 43.3 Å². The highest BCUT2D eigenvalue weighted by Crippen LogP contribution is 2.34. The smallest absolute Gasteiger partial charge is 0.227 e. The fraction of sp³-hybridized carbons (Fsp3) is 0.211. The molecule has 0 radical (unpaired) electrons. The topological polar surface area (TPSA) is 76.3 Å². The van der Waals surface area contributed by atoms with E-state index in [-0.39, 0.29) is 12.3 Å². The van der Waals surface area contributed by atoms with E-state index in [4.69, 9.17) is 5.73 Å². The first-order valence-corrected chi connectivity index (χ1v) is 8.91. The summed E-state index contributed by atoms with van der Waals surface area (Å²) in [4.78, 5) is 29.9. The number of fused-ring (bicyclic) bond motifs is 1. The van der Waals surface area contributed by atoms with Gasteiger partial charge >= 0.3 is 0 Å². The second-order valence-electron chi connectivity index (χ2n) is 6.30. The highest BCUT2D eigenvalue weighted by Gasteiger charge is 2.34. The van der Waals surface area contributed by atoms with Gasteiger partial charge in [0.1, 0.15) is 5.01 Å². The lowest BCUT2D eigenvalue weighted by atomic mass is 10.1. The molecule has 4 rings (SSSR count). The number of thiazole rings is 1. The van der Waals surface area contributed by atoms with Crippen LogP contribution in [0, 0.1) is 12.8 Å². The fourth-order valence-corrected chi connectivity index (χ4v) is 4.18. The number of carbonyl (C=O) groups is 2. The molecule has 0 spiro atoms. The number of hydrogen-bond donors (Lipinski definition) is 1. The van der Waals surface area contributed by atoms with Gasteiger partial charge in [-0.15, -0.1) is 11.3 Å². The summed E-state index contributed by atoms with van der Waals surface area (Å²) in [5, 5.41) is 0.957. The first kappa shape index (κ1) is 15.8. The first-order valence-electron chi connectivity index (χ1n) is 8.09. The van der Waals surface area contributed by atoms with Gasteiger partial charge in [0.15, 0.2) is 0 Å². The number of primary amides is 1. The molecule has 2 amide bonds. The molecule has 0 unspecified atom stereocenters. The van der Waals surface area contributed by atoms with Gasteiger partial charge in [-0.05, 0) is 42.8 Å². The second kappa shape index (κ2) is 5.97. The molecule has 126 valence electrons. The van der Waals surface area contributed by atoms with Crippen LogP contribution in [0.15, 0.2) is 42.5 Å². The Kier molecular flexibility index (Phi) is 3.77. The highest BCUT2D eigenvalue weighted by molar-refractivity contribution is 7.21. The molecular formula is C19H17N3O2S. The number of rotatable bonds is 3. The summed E-state index contributed by atoms with van der Waals surface area (Å²) in [6.45, 7) is 2.33. The summed E-state index contributed by atoms with van der Waals surface area (Å²) >= 11 is 1.65. The maximum Gasteiger partial charge on any atom is 0.227 e. The molecule has 25 heavy (non-hydrogen) atoms. The summed E-state index contributed by atoms with van der Waals surface area (Å²) in [6.07, 6.45) is 0.189. The third kappa shape index (κ3) is 2.78. The van der Waals surface area contributed by atoms with Gasteiger partial charge in [-0.3, -0.25) is 9.59 Å². The van der Waals surface area contributed by atoms with Crippen LogP contribution in [0.1, 0.15) is 12.0 Å². The standard InChI is InChI=1S/C19H17N3O2S/c1-11-8-12(19-21-14-4-2-3-5-16(14)25-19)6-7-15(11)22-10-13(18(20)24)9-17(22)23/h2-8,13H,9-10H2,1H3,(H2,20,24)/t13-/m1/s1. The van der Waals surface area contributed by atoms with Gasteiger partial charge in [0, 0.05) is 24.2 Å². The van der Waals surface area contributed by atoms with Crippen LogP contribution in [0.25, 0.3) is 20.8 Å². The lowest BCUT2D eigenvalue weighted by Crippen LogP contribution is -2.28. The van der Waals surface area contributed by atoms with Gasteiger partial charge in [-0.25, -0.2) is 4.98 Å². The van der Waals surface area contributed by atoms with Crippen LogP contribution >= 0.6 is 11.3 Å². The molecule has 2 heterocycles. The van der Waals surface area contributed by atoms with Gasteiger partial charge in [0.25, 0.3) is 0 Å². The first-order chi connectivity index (χ1) is 12.0. The van der Waals surface area contributed by atoms with Crippen molar-refractivity contribution >= 4 is 39.1 Å². The zero-order chi connectivity index (χ0) is 17.6. The lowest BCUT2D eigenvalue weighted by Gasteiger charge is -2.19. The van der Waals surface area contributed by atoms with Crippen molar-refractivity contribution in [1.82, 2.24) is 4.98 Å². The largest absolute Gasteiger partial charge is 0.369 e. The van der Waals surface area contributed by atoms with Crippen molar-refractivity contribution in [1.29, 1.82) is 0 Å². The quantitative estimate of drug-likeness (QED) is 0.788. The fourth-order valence-electron chi connectivity index (χ4n) is 3.22. The maximum absolute atomic E-state index is 12.2. The normalized spacial score (nSPS) is 17.4. The van der Waals surface area contributed by atoms with Crippen LogP contribution in [-0.4, -0.2) is 23.3 Å². The predicted octanol–water partition coefficient (Wildman–Crippen LogP) is 3.11. The van der Waals surface area contributed by atoms with Crippen molar-refractivity contribution in [3.8, 4) is 10.6 Å². The van der Waals surface area contributed by atoms with Crippen LogP contribution in [0.3, 0.4) is 0 Å². The van der Waals surface area contributed by atoms with Crippen molar-refractivity contribution in [2.24, 2.45) is 11.7 Å². The molecule has 1 aliphatic heterocycles. The minimum absolute atomic E-state index is 0.0559. The van der Waals surface area contributed by atoms with Gasteiger partial charge in [-0.1, -0.05) is 12.1 Å². The van der Waals surface area contributed by atoms with E-state index >= 15 is 0 Å². The van der Waals surface area contributed by atoms with E-state index in [2.05, 4.69) is 11.1 Å². The third-order valence-corrected chi connectivity index (χ3v) is 5.64. The van der Waals surface area contributed by atoms with Crippen molar-refractivity contribution in [3.63, 3.8) is 0 Å². The van der Waals surface area contributed by atoms with E-state index in [1.54, 1.807) is 16.2 Å². The van der Waals surface area contributed by atoms with Crippen LogP contribution in [0.4, 0.5) is 5.69 Å². The SMILES string of the molecule is Cc1cc(-c2nc3ccccc3s2)ccc1N1C[C@H](C(N)=O)CC1=O. The maximum atomic E-state index is 12.2. The molecule has 1 atom stereocenters. The summed E-state index contributed by atoms with van der Waals surface area (Å²) in [5.41, 5.74) is 9.18. The Morgan fingerprint density at radius 1 is 1.28 bits per heavy atom. The molecule has 1 saturated heterocycles. The van der Waals surface area contributed by atoms with E-state index in [1.165, 1.54) is 0 Å². The monoisotopic (exact) mass is 351 g/mol. The number of benzene rings is 2. The zero-order valence-corrected chi connectivity index (χ0v) is 14.5. The van der Waals surface area contributed by atoms with Crippen molar-refractivity contribution in [3.05, 3.63) is 48.0 Å². The molecule has 1 aromatic heterocycles. The Morgan fingerprint density at radius 3 is 2.76 bits per heavy atom. The number of anilines is 1. The van der Waals surface area contributed by atoms with Gasteiger partial charge < -0.3 is 10.6 Å². The number of hydrogen-bond acceptors (Lipinski definition) is 4. The summed E-state index contributed by atoms with van der Waals surface area (Å²) in [6, 6.07) is 14.0. The Bertz CT molecular complexity index is 962. The Hall–Kier alpha value is -2.73. The predicted molar refractivity (Wildman–Crippen MR) is 99.4 cm³/mol. The van der Waals surface area contributed by atoms with Crippen LogP contribution in [0.5, 0.6) is 0 Å². The molecule has 1 aliphatic rings. The highest BCUT2D eigenvalue weighted by atomic mass is 32.1. The summed E-state index contributed by atoms with van der Waals surface area (Å²) in [5.74, 6) is -0.880. The Labute approximate surface area is 149 Å². The molecule has 0 aliphatic carbocycles. The van der Waals surface area contributed by atoms with Gasteiger partial charge in [0.05, 0.1) is 16.1 Å². The molecule has 0 bridgehead atoms. The summed E-state index contributed by atoms with van der Waals surface area (Å²) in [7, 11) is 0. The number of carbonyl (C=O) groups excluding carboxylic acids is 2. The lowest BCUT2D eigenvalue weighted by molar-refractivity contribution is -0.123. The van der Waals surface area contributed by atoms with Gasteiger partial charge in [-0.2, -0.15) is 0 Å². The average Bonchev–Trinajstić information content (AvgIpc) is 3.18. The molecule has 0 saturated carbocycles. The van der Waals surface area contributed by atoms with Crippen LogP contribution < -0.4 is 10.6 Å². The molecular weight excluding hydrogens is 334 g/mol. The molecule has 1 fully saturated rings.